The van der Waals surface area contributed by atoms with Crippen molar-refractivity contribution in [3.05, 3.63) is 81.0 Å². The minimum absolute atomic E-state index is 0.000726. The van der Waals surface area contributed by atoms with E-state index in [1.54, 1.807) is 6.92 Å². The highest BCUT2D eigenvalue weighted by atomic mass is 35.5. The molecule has 1 amide bonds. The number of hydrogen-bond donors (Lipinski definition) is 1. The highest BCUT2D eigenvalue weighted by Gasteiger charge is 2.47. The monoisotopic (exact) mass is 584 g/mol. The second-order valence-electron chi connectivity index (χ2n) is 8.19. The van der Waals surface area contributed by atoms with Gasteiger partial charge in [-0.2, -0.15) is 17.0 Å². The van der Waals surface area contributed by atoms with Gasteiger partial charge in [0.05, 0.1) is 30.4 Å². The lowest BCUT2D eigenvalue weighted by atomic mass is 9.98. The number of halogens is 2. The van der Waals surface area contributed by atoms with Crippen molar-refractivity contribution >= 4 is 51.4 Å². The first-order valence-corrected chi connectivity index (χ1v) is 13.8. The number of carboxylic acid groups (broad SMARTS) is 1. The van der Waals surface area contributed by atoms with Gasteiger partial charge in [0, 0.05) is 22.8 Å². The maximum Gasteiger partial charge on any atom is 0.428 e. The maximum absolute atomic E-state index is 13.8. The van der Waals surface area contributed by atoms with Gasteiger partial charge in [-0.05, 0) is 48.7 Å². The predicted octanol–water partition coefficient (Wildman–Crippen LogP) is 5.18. The molecule has 1 atom stereocenters. The molecule has 0 spiro atoms. The van der Waals surface area contributed by atoms with Gasteiger partial charge in [0.1, 0.15) is 0 Å². The molecule has 1 aliphatic rings. The van der Waals surface area contributed by atoms with Crippen molar-refractivity contribution in [3.8, 4) is 0 Å². The van der Waals surface area contributed by atoms with Crippen LogP contribution in [0, 0.1) is 0 Å². The minimum atomic E-state index is -4.63. The molecule has 0 aliphatic carbocycles. The van der Waals surface area contributed by atoms with Crippen molar-refractivity contribution in [1.29, 1.82) is 0 Å². The van der Waals surface area contributed by atoms with Crippen LogP contribution in [0.4, 0.5) is 4.79 Å². The zero-order valence-corrected chi connectivity index (χ0v) is 22.9. The summed E-state index contributed by atoms with van der Waals surface area (Å²) in [7, 11) is -4.63. The Balaban J connectivity index is 2.20. The van der Waals surface area contributed by atoms with Crippen LogP contribution in [-0.2, 0) is 31.0 Å². The van der Waals surface area contributed by atoms with Gasteiger partial charge in [0.15, 0.2) is 0 Å². The third-order valence-electron chi connectivity index (χ3n) is 5.59. The third-order valence-corrected chi connectivity index (χ3v) is 7.84. The van der Waals surface area contributed by atoms with Crippen molar-refractivity contribution < 1.29 is 37.4 Å². The molecule has 1 aliphatic heterocycles. The molecule has 0 fully saturated rings. The first kappa shape index (κ1) is 29.4. The molecule has 1 N–H and O–H groups in total. The van der Waals surface area contributed by atoms with E-state index in [4.69, 9.17) is 32.7 Å². The van der Waals surface area contributed by atoms with Gasteiger partial charge in [-0.3, -0.25) is 0 Å². The molecule has 2 aromatic carbocycles. The third kappa shape index (κ3) is 6.47. The summed E-state index contributed by atoms with van der Waals surface area (Å²) in [4.78, 5) is 37.2. The van der Waals surface area contributed by atoms with Gasteiger partial charge < -0.3 is 14.6 Å². The number of esters is 1. The molecule has 1 heterocycles. The number of hydrogen-bond acceptors (Lipinski definition) is 7. The summed E-state index contributed by atoms with van der Waals surface area (Å²) in [6.07, 6.45) is 0.921. The molecular weight excluding hydrogens is 559 g/mol. The van der Waals surface area contributed by atoms with E-state index in [2.05, 4.69) is 0 Å². The fourth-order valence-corrected chi connectivity index (χ4v) is 5.74. The second kappa shape index (κ2) is 12.6. The molecular formula is C25H26Cl2N2O8S. The predicted molar refractivity (Wildman–Crippen MR) is 140 cm³/mol. The summed E-state index contributed by atoms with van der Waals surface area (Å²) in [6, 6.07) is 8.57. The van der Waals surface area contributed by atoms with Gasteiger partial charge in [0.2, 0.25) is 0 Å². The highest BCUT2D eigenvalue weighted by molar-refractivity contribution is 7.87. The maximum atomic E-state index is 13.8. The van der Waals surface area contributed by atoms with Gasteiger partial charge in [-0.15, -0.1) is 0 Å². The first-order valence-electron chi connectivity index (χ1n) is 11.6. The smallest absolute Gasteiger partial charge is 0.428 e. The Hall–Kier alpha value is -3.12. The lowest BCUT2D eigenvalue weighted by molar-refractivity contribution is -0.139. The van der Waals surface area contributed by atoms with Gasteiger partial charge in [-0.1, -0.05) is 54.7 Å². The van der Waals surface area contributed by atoms with Crippen LogP contribution in [0.3, 0.4) is 0 Å². The van der Waals surface area contributed by atoms with E-state index in [0.29, 0.717) is 22.7 Å². The van der Waals surface area contributed by atoms with Gasteiger partial charge in [0.25, 0.3) is 0 Å². The molecule has 0 saturated carbocycles. The van der Waals surface area contributed by atoms with Crippen molar-refractivity contribution in [1.82, 2.24) is 8.61 Å². The van der Waals surface area contributed by atoms with Crippen LogP contribution in [0.15, 0.2) is 54.2 Å². The molecule has 3 rings (SSSR count). The SMILES string of the molecule is CCCCOC(=O)N1C=C(C(=O)OCC)C(c2ccc(Cl)cc2Cl)N(Cc2ccc(C(=O)O)cc2)S1(=O)=O. The summed E-state index contributed by atoms with van der Waals surface area (Å²) < 4.78 is 39.3. The van der Waals surface area contributed by atoms with E-state index >= 15 is 0 Å². The largest absolute Gasteiger partial charge is 0.478 e. The van der Waals surface area contributed by atoms with Crippen LogP contribution in [0.5, 0.6) is 0 Å². The number of rotatable bonds is 9. The summed E-state index contributed by atoms with van der Waals surface area (Å²) in [5.74, 6) is -2.02. The number of ether oxygens (including phenoxy) is 2. The van der Waals surface area contributed by atoms with Crippen LogP contribution >= 0.6 is 23.2 Å². The van der Waals surface area contributed by atoms with E-state index in [0.717, 1.165) is 10.5 Å². The zero-order valence-electron chi connectivity index (χ0n) is 20.6. The number of unbranched alkanes of at least 4 members (excludes halogenated alkanes) is 1. The Morgan fingerprint density at radius 3 is 2.29 bits per heavy atom. The normalized spacial score (nSPS) is 17.0. The summed E-state index contributed by atoms with van der Waals surface area (Å²) >= 11 is 12.5. The summed E-state index contributed by atoms with van der Waals surface area (Å²) in [5.41, 5.74) is 0.430. The van der Waals surface area contributed by atoms with E-state index in [9.17, 15) is 27.9 Å². The molecule has 2 aromatic rings. The van der Waals surface area contributed by atoms with Crippen molar-refractivity contribution in [3.63, 3.8) is 0 Å². The zero-order chi connectivity index (χ0) is 28.0. The number of carbonyl (C=O) groups is 3. The fraction of sp³-hybridized carbons (Fsp3) is 0.320. The minimum Gasteiger partial charge on any atom is -0.478 e. The Morgan fingerprint density at radius 2 is 1.71 bits per heavy atom. The van der Waals surface area contributed by atoms with Crippen molar-refractivity contribution in [2.75, 3.05) is 13.2 Å². The number of nitrogens with zero attached hydrogens (tertiary/aromatic N) is 2. The molecule has 0 aromatic heterocycles. The highest BCUT2D eigenvalue weighted by Crippen LogP contribution is 2.42. The molecule has 1 unspecified atom stereocenters. The summed E-state index contributed by atoms with van der Waals surface area (Å²) in [5, 5.41) is 9.58. The van der Waals surface area contributed by atoms with E-state index < -0.39 is 34.3 Å². The Labute approximate surface area is 230 Å². The second-order valence-corrected chi connectivity index (χ2v) is 10.8. The molecule has 204 valence electrons. The summed E-state index contributed by atoms with van der Waals surface area (Å²) in [6.45, 7) is 3.08. The van der Waals surface area contributed by atoms with Crippen LogP contribution in [-0.4, -0.2) is 53.4 Å². The number of carboxylic acids is 1. The van der Waals surface area contributed by atoms with Gasteiger partial charge in [-0.25, -0.2) is 14.4 Å². The number of aromatic carboxylic acids is 1. The average molecular weight is 585 g/mol. The number of carbonyl (C=O) groups excluding carboxylic acids is 2. The van der Waals surface area contributed by atoms with Crippen LogP contribution in [0.25, 0.3) is 0 Å². The van der Waals surface area contributed by atoms with E-state index in [1.165, 1.54) is 42.5 Å². The molecule has 0 radical (unpaired) electrons. The fourth-order valence-electron chi connectivity index (χ4n) is 3.71. The first-order chi connectivity index (χ1) is 18.0. The lowest BCUT2D eigenvalue weighted by Gasteiger charge is -2.39. The number of amides is 1. The van der Waals surface area contributed by atoms with Gasteiger partial charge >= 0.3 is 28.2 Å². The van der Waals surface area contributed by atoms with Crippen LogP contribution in [0.2, 0.25) is 10.0 Å². The van der Waals surface area contributed by atoms with Crippen molar-refractivity contribution in [2.45, 2.75) is 39.3 Å². The Morgan fingerprint density at radius 1 is 1.03 bits per heavy atom. The van der Waals surface area contributed by atoms with Crippen LogP contribution < -0.4 is 0 Å². The Bertz CT molecular complexity index is 1350. The number of benzene rings is 2. The van der Waals surface area contributed by atoms with E-state index in [1.807, 2.05) is 6.92 Å². The molecule has 38 heavy (non-hydrogen) atoms. The van der Waals surface area contributed by atoms with Crippen molar-refractivity contribution in [2.24, 2.45) is 0 Å². The quantitative estimate of drug-likeness (QED) is 0.315. The molecule has 13 heteroatoms. The van der Waals surface area contributed by atoms with Crippen LogP contribution in [0.1, 0.15) is 54.2 Å². The molecule has 0 bridgehead atoms. The topological polar surface area (TPSA) is 131 Å². The molecule has 10 nitrogen and oxygen atoms in total. The Kier molecular flexibility index (Phi) is 9.77. The average Bonchev–Trinajstić information content (AvgIpc) is 2.86. The standard InChI is InChI=1S/C25H26Cl2N2O8S/c1-3-5-12-37-25(33)29-15-20(24(32)36-4-2)22(19-11-10-18(26)13-21(19)27)28(38(29,34)35)14-16-6-8-17(9-7-16)23(30)31/h6-11,13,15,22H,3-5,12,14H2,1-2H3,(H,30,31). The molecule has 0 saturated heterocycles. The lowest BCUT2D eigenvalue weighted by Crippen LogP contribution is -2.50. The van der Waals surface area contributed by atoms with E-state index in [-0.39, 0.29) is 46.5 Å².